The molecule has 1 aliphatic rings. The maximum atomic E-state index is 12.0. The van der Waals surface area contributed by atoms with E-state index in [1.807, 2.05) is 30.1 Å². The normalized spacial score (nSPS) is 23.1. The first kappa shape index (κ1) is 13.5. The predicted molar refractivity (Wildman–Crippen MR) is 70.7 cm³/mol. The highest BCUT2D eigenvalue weighted by Gasteiger charge is 2.35. The molecule has 1 amide bonds. The molecular formula is C14H18N2O3. The van der Waals surface area contributed by atoms with E-state index in [4.69, 9.17) is 4.74 Å². The van der Waals surface area contributed by atoms with Crippen molar-refractivity contribution in [2.24, 2.45) is 0 Å². The second-order valence-corrected chi connectivity index (χ2v) is 4.75. The summed E-state index contributed by atoms with van der Waals surface area (Å²) in [5, 5.41) is 2.95. The molecule has 1 heterocycles. The Bertz CT molecular complexity index is 461. The van der Waals surface area contributed by atoms with Gasteiger partial charge in [-0.2, -0.15) is 0 Å². The molecule has 1 N–H and O–H groups in total. The third kappa shape index (κ3) is 3.12. The van der Waals surface area contributed by atoms with E-state index in [1.54, 1.807) is 12.1 Å². The van der Waals surface area contributed by atoms with Crippen molar-refractivity contribution in [3.63, 3.8) is 0 Å². The molecule has 2 rings (SSSR count). The van der Waals surface area contributed by atoms with Gasteiger partial charge in [0, 0.05) is 18.2 Å². The van der Waals surface area contributed by atoms with Crippen LogP contribution in [0.15, 0.2) is 30.3 Å². The Morgan fingerprint density at radius 3 is 2.63 bits per heavy atom. The minimum Gasteiger partial charge on any atom is -0.468 e. The van der Waals surface area contributed by atoms with Crippen LogP contribution in [-0.4, -0.2) is 49.6 Å². The topological polar surface area (TPSA) is 58.6 Å². The summed E-state index contributed by atoms with van der Waals surface area (Å²) in [5.74, 6) is -0.358. The van der Waals surface area contributed by atoms with Gasteiger partial charge in [-0.05, 0) is 25.6 Å². The van der Waals surface area contributed by atoms with Crippen LogP contribution < -0.4 is 5.32 Å². The zero-order chi connectivity index (χ0) is 13.8. The second-order valence-electron chi connectivity index (χ2n) is 4.75. The van der Waals surface area contributed by atoms with Crippen LogP contribution in [0, 0.1) is 0 Å². The SMILES string of the molecule is COC(=O)[C@@H]1C[C@@H](NC(=O)c2ccccc2)CN1C. The zero-order valence-corrected chi connectivity index (χ0v) is 11.1. The van der Waals surface area contributed by atoms with Gasteiger partial charge in [0.05, 0.1) is 7.11 Å². The van der Waals surface area contributed by atoms with Gasteiger partial charge in [0.25, 0.3) is 5.91 Å². The number of carbonyl (C=O) groups excluding carboxylic acids is 2. The number of hydrogen-bond acceptors (Lipinski definition) is 4. The number of carbonyl (C=O) groups is 2. The van der Waals surface area contributed by atoms with E-state index in [-0.39, 0.29) is 24.0 Å². The average Bonchev–Trinajstić information content (AvgIpc) is 2.79. The van der Waals surface area contributed by atoms with Crippen molar-refractivity contribution in [3.8, 4) is 0 Å². The summed E-state index contributed by atoms with van der Waals surface area (Å²) in [6.45, 7) is 0.651. The summed E-state index contributed by atoms with van der Waals surface area (Å²) in [4.78, 5) is 25.5. The van der Waals surface area contributed by atoms with Gasteiger partial charge in [0.2, 0.25) is 0 Å². The fourth-order valence-electron chi connectivity index (χ4n) is 2.37. The first-order valence-electron chi connectivity index (χ1n) is 6.26. The van der Waals surface area contributed by atoms with E-state index in [0.717, 1.165) is 0 Å². The molecule has 5 nitrogen and oxygen atoms in total. The van der Waals surface area contributed by atoms with Gasteiger partial charge in [-0.25, -0.2) is 0 Å². The maximum absolute atomic E-state index is 12.0. The third-order valence-electron chi connectivity index (χ3n) is 3.39. The summed E-state index contributed by atoms with van der Waals surface area (Å²) in [5.41, 5.74) is 0.631. The van der Waals surface area contributed by atoms with Crippen LogP contribution in [0.1, 0.15) is 16.8 Å². The fraction of sp³-hybridized carbons (Fsp3) is 0.429. The van der Waals surface area contributed by atoms with Gasteiger partial charge in [-0.15, -0.1) is 0 Å². The Kier molecular flexibility index (Phi) is 4.16. The predicted octanol–water partition coefficient (Wildman–Crippen LogP) is 0.662. The van der Waals surface area contributed by atoms with Crippen LogP contribution in [-0.2, 0) is 9.53 Å². The molecule has 19 heavy (non-hydrogen) atoms. The zero-order valence-electron chi connectivity index (χ0n) is 11.1. The van der Waals surface area contributed by atoms with Crippen molar-refractivity contribution in [2.45, 2.75) is 18.5 Å². The number of methoxy groups -OCH3 is 1. The van der Waals surface area contributed by atoms with Crippen LogP contribution in [0.4, 0.5) is 0 Å². The number of amides is 1. The molecule has 102 valence electrons. The molecule has 0 spiro atoms. The Labute approximate surface area is 112 Å². The first-order chi connectivity index (χ1) is 9.11. The standard InChI is InChI=1S/C14H18N2O3/c1-16-9-11(8-12(16)14(18)19-2)15-13(17)10-6-4-3-5-7-10/h3-7,11-12H,8-9H2,1-2H3,(H,15,17)/t11-,12+/m1/s1. The van der Waals surface area contributed by atoms with Crippen molar-refractivity contribution >= 4 is 11.9 Å². The van der Waals surface area contributed by atoms with Gasteiger partial charge in [-0.1, -0.05) is 18.2 Å². The molecule has 1 aliphatic heterocycles. The minimum atomic E-state index is -0.272. The number of ether oxygens (including phenoxy) is 1. The third-order valence-corrected chi connectivity index (χ3v) is 3.39. The molecule has 2 atom stereocenters. The van der Waals surface area contributed by atoms with E-state index in [2.05, 4.69) is 5.32 Å². The highest BCUT2D eigenvalue weighted by molar-refractivity contribution is 5.94. The van der Waals surface area contributed by atoms with Crippen LogP contribution in [0.25, 0.3) is 0 Å². The van der Waals surface area contributed by atoms with Gasteiger partial charge in [-0.3, -0.25) is 14.5 Å². The van der Waals surface area contributed by atoms with Crippen LogP contribution in [0.5, 0.6) is 0 Å². The van der Waals surface area contributed by atoms with Crippen LogP contribution >= 0.6 is 0 Å². The maximum Gasteiger partial charge on any atom is 0.323 e. The molecular weight excluding hydrogens is 244 g/mol. The number of hydrogen-bond donors (Lipinski definition) is 1. The summed E-state index contributed by atoms with van der Waals surface area (Å²) in [7, 11) is 3.24. The second kappa shape index (κ2) is 5.84. The quantitative estimate of drug-likeness (QED) is 0.813. The fourth-order valence-corrected chi connectivity index (χ4v) is 2.37. The van der Waals surface area contributed by atoms with Crippen molar-refractivity contribution in [1.82, 2.24) is 10.2 Å². The monoisotopic (exact) mass is 262 g/mol. The number of benzene rings is 1. The van der Waals surface area contributed by atoms with Gasteiger partial charge in [0.1, 0.15) is 6.04 Å². The smallest absolute Gasteiger partial charge is 0.323 e. The lowest BCUT2D eigenvalue weighted by atomic mass is 10.1. The highest BCUT2D eigenvalue weighted by atomic mass is 16.5. The molecule has 1 saturated heterocycles. The van der Waals surface area contributed by atoms with Gasteiger partial charge >= 0.3 is 5.97 Å². The number of nitrogens with zero attached hydrogens (tertiary/aromatic N) is 1. The number of rotatable bonds is 3. The molecule has 1 aromatic carbocycles. The van der Waals surface area contributed by atoms with E-state index < -0.39 is 0 Å². The Balaban J connectivity index is 1.95. The lowest BCUT2D eigenvalue weighted by Gasteiger charge is -2.15. The van der Waals surface area contributed by atoms with Crippen LogP contribution in [0.2, 0.25) is 0 Å². The lowest BCUT2D eigenvalue weighted by molar-refractivity contribution is -0.145. The average molecular weight is 262 g/mol. The number of esters is 1. The Morgan fingerprint density at radius 1 is 1.32 bits per heavy atom. The molecule has 0 radical (unpaired) electrons. The Morgan fingerprint density at radius 2 is 2.00 bits per heavy atom. The molecule has 0 unspecified atom stereocenters. The summed E-state index contributed by atoms with van der Waals surface area (Å²) < 4.78 is 4.75. The molecule has 0 aliphatic carbocycles. The van der Waals surface area contributed by atoms with Crippen LogP contribution in [0.3, 0.4) is 0 Å². The summed E-state index contributed by atoms with van der Waals surface area (Å²) >= 11 is 0. The number of likely N-dealkylation sites (N-methyl/N-ethyl adjacent to an activating group) is 1. The summed E-state index contributed by atoms with van der Waals surface area (Å²) in [6, 6.07) is 8.76. The van der Waals surface area contributed by atoms with Gasteiger partial charge in [0.15, 0.2) is 0 Å². The minimum absolute atomic E-state index is 0.0261. The number of likely N-dealkylation sites (tertiary alicyclic amines) is 1. The summed E-state index contributed by atoms with van der Waals surface area (Å²) in [6.07, 6.45) is 0.585. The van der Waals surface area contributed by atoms with Gasteiger partial charge < -0.3 is 10.1 Å². The van der Waals surface area contributed by atoms with Crippen molar-refractivity contribution in [3.05, 3.63) is 35.9 Å². The molecule has 1 fully saturated rings. The van der Waals surface area contributed by atoms with E-state index in [0.29, 0.717) is 18.5 Å². The van der Waals surface area contributed by atoms with E-state index >= 15 is 0 Å². The number of nitrogens with one attached hydrogen (secondary N) is 1. The lowest BCUT2D eigenvalue weighted by Crippen LogP contribution is -2.36. The van der Waals surface area contributed by atoms with E-state index in [9.17, 15) is 9.59 Å². The molecule has 0 saturated carbocycles. The van der Waals surface area contributed by atoms with Crippen molar-refractivity contribution < 1.29 is 14.3 Å². The molecule has 1 aromatic rings. The van der Waals surface area contributed by atoms with Crippen molar-refractivity contribution in [1.29, 1.82) is 0 Å². The highest BCUT2D eigenvalue weighted by Crippen LogP contribution is 2.17. The first-order valence-corrected chi connectivity index (χ1v) is 6.26. The largest absolute Gasteiger partial charge is 0.468 e. The molecule has 5 heteroatoms. The Hall–Kier alpha value is -1.88. The molecule has 0 aromatic heterocycles. The van der Waals surface area contributed by atoms with Crippen molar-refractivity contribution in [2.75, 3.05) is 20.7 Å². The molecule has 0 bridgehead atoms. The van der Waals surface area contributed by atoms with E-state index in [1.165, 1.54) is 7.11 Å².